The van der Waals surface area contributed by atoms with Gasteiger partial charge in [-0.2, -0.15) is 0 Å². The third-order valence-corrected chi connectivity index (χ3v) is 8.46. The number of ether oxygens (including phenoxy) is 1. The molecule has 0 N–H and O–H groups in total. The minimum Gasteiger partial charge on any atom is -0.457 e. The van der Waals surface area contributed by atoms with Crippen molar-refractivity contribution in [3.63, 3.8) is 0 Å². The maximum Gasteiger partial charge on any atom is 0.211 e. The first kappa shape index (κ1) is 26.6. The van der Waals surface area contributed by atoms with Crippen LogP contribution in [0, 0.1) is 0 Å². The first-order valence-corrected chi connectivity index (χ1v) is 15.0. The van der Waals surface area contributed by atoms with Gasteiger partial charge in [0.05, 0.1) is 17.4 Å². The number of hydrogen-bond donors (Lipinski definition) is 0. The summed E-state index contributed by atoms with van der Waals surface area (Å²) in [6.45, 7) is 5.47. The van der Waals surface area contributed by atoms with E-state index in [0.717, 1.165) is 80.9 Å². The van der Waals surface area contributed by atoms with Gasteiger partial charge in [-0.05, 0) is 73.8 Å². The molecule has 2 aromatic carbocycles. The van der Waals surface area contributed by atoms with Crippen LogP contribution in [0.2, 0.25) is 0 Å². The fourth-order valence-electron chi connectivity index (χ4n) is 6.34. The summed E-state index contributed by atoms with van der Waals surface area (Å²) in [6.07, 6.45) is 9.43. The first-order chi connectivity index (χ1) is 20.7. The molecule has 8 heteroatoms. The standard InChI is InChI=1S/C34H37N7O/c1-38(31-14-6-9-27-10-7-16-35-33(27)31)24-28-25-41-32(37-28)15-17-36-34(41)40-20-18-39(19-21-40)23-26-8-5-13-30(22-26)42-29-11-3-2-4-12-29/h2-5,7-8,10-13,15-17,22,25,31H,6,9,14,18-21,23-24H2,1H3/t31-/m0/s1. The zero-order chi connectivity index (χ0) is 28.3. The molecule has 42 heavy (non-hydrogen) atoms. The number of benzene rings is 2. The van der Waals surface area contributed by atoms with Gasteiger partial charge in [-0.25, -0.2) is 9.97 Å². The van der Waals surface area contributed by atoms with Gasteiger partial charge in [0.1, 0.15) is 17.1 Å². The Labute approximate surface area is 247 Å². The van der Waals surface area contributed by atoms with Crippen LogP contribution in [0.3, 0.4) is 0 Å². The van der Waals surface area contributed by atoms with Crippen molar-refractivity contribution < 1.29 is 4.74 Å². The van der Waals surface area contributed by atoms with Gasteiger partial charge in [-0.3, -0.25) is 19.2 Å². The highest BCUT2D eigenvalue weighted by atomic mass is 16.5. The SMILES string of the molecule is CN(Cc1cn2c(N3CCN(Cc4cccc(Oc5ccccc5)c4)CC3)nccc2n1)[C@H]1CCCc2cccnc21. The average molecular weight is 560 g/mol. The van der Waals surface area contributed by atoms with Gasteiger partial charge in [0.15, 0.2) is 0 Å². The maximum absolute atomic E-state index is 6.05. The van der Waals surface area contributed by atoms with Crippen LogP contribution in [0.25, 0.3) is 5.65 Å². The quantitative estimate of drug-likeness (QED) is 0.240. The summed E-state index contributed by atoms with van der Waals surface area (Å²) in [5.74, 6) is 2.70. The van der Waals surface area contributed by atoms with E-state index in [4.69, 9.17) is 19.7 Å². The molecule has 0 spiro atoms. The van der Waals surface area contributed by atoms with Crippen LogP contribution < -0.4 is 9.64 Å². The van der Waals surface area contributed by atoms with Crippen LogP contribution in [-0.4, -0.2) is 62.4 Å². The largest absolute Gasteiger partial charge is 0.457 e. The Morgan fingerprint density at radius 1 is 0.881 bits per heavy atom. The van der Waals surface area contributed by atoms with E-state index >= 15 is 0 Å². The molecule has 0 bridgehead atoms. The van der Waals surface area contributed by atoms with Gasteiger partial charge in [0.25, 0.3) is 0 Å². The molecule has 8 nitrogen and oxygen atoms in total. The summed E-state index contributed by atoms with van der Waals surface area (Å²) in [6, 6.07) is 25.0. The zero-order valence-electron chi connectivity index (χ0n) is 24.1. The summed E-state index contributed by atoms with van der Waals surface area (Å²) in [5.41, 5.74) is 5.88. The number of pyridine rings is 1. The molecule has 1 saturated heterocycles. The molecule has 214 valence electrons. The summed E-state index contributed by atoms with van der Waals surface area (Å²) < 4.78 is 8.21. The summed E-state index contributed by atoms with van der Waals surface area (Å²) in [7, 11) is 2.19. The van der Waals surface area contributed by atoms with Crippen molar-refractivity contribution in [2.75, 3.05) is 38.1 Å². The van der Waals surface area contributed by atoms with Crippen molar-refractivity contribution in [1.82, 2.24) is 29.2 Å². The minimum absolute atomic E-state index is 0.330. The normalized spacial score (nSPS) is 17.5. The average Bonchev–Trinajstić information content (AvgIpc) is 3.44. The van der Waals surface area contributed by atoms with Crippen molar-refractivity contribution in [2.45, 2.75) is 38.4 Å². The number of piperazine rings is 1. The Morgan fingerprint density at radius 3 is 2.62 bits per heavy atom. The van der Waals surface area contributed by atoms with Crippen molar-refractivity contribution in [1.29, 1.82) is 0 Å². The highest BCUT2D eigenvalue weighted by Crippen LogP contribution is 2.33. The smallest absolute Gasteiger partial charge is 0.211 e. The molecule has 1 aliphatic heterocycles. The Kier molecular flexibility index (Phi) is 7.55. The Bertz CT molecular complexity index is 1640. The maximum atomic E-state index is 6.05. The third kappa shape index (κ3) is 5.73. The summed E-state index contributed by atoms with van der Waals surface area (Å²) in [4.78, 5) is 21.8. The van der Waals surface area contributed by atoms with Crippen LogP contribution in [0.1, 0.15) is 41.4 Å². The Morgan fingerprint density at radius 2 is 1.74 bits per heavy atom. The molecular formula is C34H37N7O. The van der Waals surface area contributed by atoms with Crippen LogP contribution in [0.4, 0.5) is 5.95 Å². The number of anilines is 1. The van der Waals surface area contributed by atoms with Gasteiger partial charge >= 0.3 is 0 Å². The first-order valence-electron chi connectivity index (χ1n) is 15.0. The monoisotopic (exact) mass is 559 g/mol. The molecule has 0 unspecified atom stereocenters. The van der Waals surface area contributed by atoms with Crippen molar-refractivity contribution in [3.05, 3.63) is 114 Å². The molecule has 7 rings (SSSR count). The molecular weight excluding hydrogens is 522 g/mol. The number of rotatable bonds is 8. The Hall–Kier alpha value is -4.27. The van der Waals surface area contributed by atoms with Gasteiger partial charge in [-0.1, -0.05) is 36.4 Å². The molecule has 2 aliphatic rings. The number of fused-ring (bicyclic) bond motifs is 2. The highest BCUT2D eigenvalue weighted by molar-refractivity contribution is 5.48. The molecule has 5 aromatic rings. The Balaban J connectivity index is 0.995. The van der Waals surface area contributed by atoms with Crippen molar-refractivity contribution >= 4 is 11.6 Å². The van der Waals surface area contributed by atoms with E-state index < -0.39 is 0 Å². The van der Waals surface area contributed by atoms with Crippen LogP contribution in [0.15, 0.2) is 91.4 Å². The lowest BCUT2D eigenvalue weighted by Gasteiger charge is -2.35. The highest BCUT2D eigenvalue weighted by Gasteiger charge is 2.26. The molecule has 4 heterocycles. The summed E-state index contributed by atoms with van der Waals surface area (Å²) >= 11 is 0. The van der Waals surface area contributed by atoms with Gasteiger partial charge in [-0.15, -0.1) is 0 Å². The van der Waals surface area contributed by atoms with E-state index in [1.54, 1.807) is 0 Å². The molecule has 0 amide bonds. The van der Waals surface area contributed by atoms with E-state index in [2.05, 4.69) is 62.7 Å². The van der Waals surface area contributed by atoms with Gasteiger partial charge in [0, 0.05) is 57.9 Å². The van der Waals surface area contributed by atoms with E-state index in [0.29, 0.717) is 6.04 Å². The number of imidazole rings is 1. The van der Waals surface area contributed by atoms with E-state index in [1.807, 2.05) is 54.9 Å². The van der Waals surface area contributed by atoms with E-state index in [1.165, 1.54) is 23.2 Å². The van der Waals surface area contributed by atoms with Crippen LogP contribution in [0.5, 0.6) is 11.5 Å². The van der Waals surface area contributed by atoms with Gasteiger partial charge in [0.2, 0.25) is 5.95 Å². The topological polar surface area (TPSA) is 62.0 Å². The number of aromatic nitrogens is 4. The van der Waals surface area contributed by atoms with Crippen LogP contribution >= 0.6 is 0 Å². The minimum atomic E-state index is 0.330. The summed E-state index contributed by atoms with van der Waals surface area (Å²) in [5, 5.41) is 0. The second-order valence-corrected chi connectivity index (χ2v) is 11.4. The lowest BCUT2D eigenvalue weighted by molar-refractivity contribution is 0.206. The second kappa shape index (κ2) is 11.9. The lowest BCUT2D eigenvalue weighted by atomic mass is 9.91. The molecule has 0 saturated carbocycles. The second-order valence-electron chi connectivity index (χ2n) is 11.4. The van der Waals surface area contributed by atoms with Crippen LogP contribution in [-0.2, 0) is 19.5 Å². The number of hydrogen-bond acceptors (Lipinski definition) is 7. The fourth-order valence-corrected chi connectivity index (χ4v) is 6.34. The molecule has 3 aromatic heterocycles. The van der Waals surface area contributed by atoms with Crippen molar-refractivity contribution in [3.8, 4) is 11.5 Å². The van der Waals surface area contributed by atoms with Gasteiger partial charge < -0.3 is 9.64 Å². The third-order valence-electron chi connectivity index (χ3n) is 8.46. The van der Waals surface area contributed by atoms with E-state index in [9.17, 15) is 0 Å². The molecule has 0 radical (unpaired) electrons. The fraction of sp³-hybridized carbons (Fsp3) is 0.324. The predicted octanol–water partition coefficient (Wildman–Crippen LogP) is 5.75. The number of nitrogens with zero attached hydrogens (tertiary/aromatic N) is 7. The molecule has 1 fully saturated rings. The number of para-hydroxylation sites is 1. The predicted molar refractivity (Wildman–Crippen MR) is 165 cm³/mol. The lowest BCUT2D eigenvalue weighted by Crippen LogP contribution is -2.46. The van der Waals surface area contributed by atoms with E-state index in [-0.39, 0.29) is 0 Å². The van der Waals surface area contributed by atoms with Crippen molar-refractivity contribution in [2.24, 2.45) is 0 Å². The zero-order valence-corrected chi connectivity index (χ0v) is 24.1. The number of aryl methyl sites for hydroxylation is 1. The molecule has 1 aliphatic carbocycles. The molecule has 1 atom stereocenters.